The van der Waals surface area contributed by atoms with Crippen LogP contribution in [-0.2, 0) is 0 Å². The highest BCUT2D eigenvalue weighted by Crippen LogP contribution is 2.31. The van der Waals surface area contributed by atoms with Crippen LogP contribution >= 0.6 is 0 Å². The number of carbonyl (C=O) groups excluding carboxylic acids is 1. The fourth-order valence-electron chi connectivity index (χ4n) is 2.65. The zero-order valence-electron chi connectivity index (χ0n) is 14.3. The Labute approximate surface area is 141 Å². The van der Waals surface area contributed by atoms with Gasteiger partial charge in [0.05, 0.1) is 19.8 Å². The average Bonchev–Trinajstić information content (AvgIpc) is 2.91. The first-order valence-electron chi connectivity index (χ1n) is 7.86. The third-order valence-electron chi connectivity index (χ3n) is 3.92. The number of furan rings is 1. The highest BCUT2D eigenvalue weighted by atomic mass is 16.5. The first-order chi connectivity index (χ1) is 11.5. The lowest BCUT2D eigenvalue weighted by Gasteiger charge is -2.23. The second-order valence-corrected chi connectivity index (χ2v) is 5.58. The van der Waals surface area contributed by atoms with E-state index in [2.05, 4.69) is 11.9 Å². The van der Waals surface area contributed by atoms with Crippen molar-refractivity contribution in [1.29, 1.82) is 0 Å². The van der Waals surface area contributed by atoms with Crippen LogP contribution in [0.1, 0.15) is 24.3 Å². The van der Waals surface area contributed by atoms with Gasteiger partial charge in [0.2, 0.25) is 0 Å². The van der Waals surface area contributed by atoms with E-state index in [1.165, 1.54) is 4.90 Å². The molecule has 24 heavy (non-hydrogen) atoms. The van der Waals surface area contributed by atoms with Crippen molar-refractivity contribution in [2.24, 2.45) is 0 Å². The molecule has 0 saturated carbocycles. The maximum absolute atomic E-state index is 12.3. The van der Waals surface area contributed by atoms with Crippen molar-refractivity contribution in [3.63, 3.8) is 0 Å². The van der Waals surface area contributed by atoms with Gasteiger partial charge in [-0.15, -0.1) is 6.58 Å². The predicted octanol–water partition coefficient (Wildman–Crippen LogP) is 3.00. The Morgan fingerprint density at radius 1 is 1.54 bits per heavy atom. The fraction of sp³-hybridized carbons (Fsp3) is 0.389. The molecule has 0 saturated heterocycles. The molecule has 6 heteroatoms. The minimum atomic E-state index is -0.304. The fourth-order valence-corrected chi connectivity index (χ4v) is 2.65. The lowest BCUT2D eigenvalue weighted by molar-refractivity contribution is 0.180. The maximum atomic E-state index is 12.3. The van der Waals surface area contributed by atoms with Gasteiger partial charge in [-0.2, -0.15) is 0 Å². The summed E-state index contributed by atoms with van der Waals surface area (Å²) >= 11 is 0. The average molecular weight is 332 g/mol. The molecule has 0 aliphatic heterocycles. The number of carbonyl (C=O) groups is 1. The molecule has 0 bridgehead atoms. The van der Waals surface area contributed by atoms with Gasteiger partial charge in [0.15, 0.2) is 0 Å². The molecule has 1 atom stereocenters. The zero-order chi connectivity index (χ0) is 17.7. The molecule has 130 valence electrons. The minimum absolute atomic E-state index is 0.0981. The summed E-state index contributed by atoms with van der Waals surface area (Å²) in [6, 6.07) is 5.04. The van der Waals surface area contributed by atoms with Gasteiger partial charge in [0.1, 0.15) is 17.1 Å². The standard InChI is InChI=1S/C18H24N2O4/c1-5-8-20(9-10-21)18(22)19-13(3)17-12(2)15-11-14(23-4)6-7-16(15)24-17/h5-7,11,13,21H,1,8-10H2,2-4H3,(H,19,22). The molecule has 0 aliphatic carbocycles. The van der Waals surface area contributed by atoms with E-state index < -0.39 is 0 Å². The maximum Gasteiger partial charge on any atom is 0.318 e. The summed E-state index contributed by atoms with van der Waals surface area (Å²) in [5.74, 6) is 1.46. The molecule has 1 aromatic heterocycles. The highest BCUT2D eigenvalue weighted by Gasteiger charge is 2.21. The Balaban J connectivity index is 2.21. The zero-order valence-corrected chi connectivity index (χ0v) is 14.3. The lowest BCUT2D eigenvalue weighted by atomic mass is 10.1. The third-order valence-corrected chi connectivity index (χ3v) is 3.92. The van der Waals surface area contributed by atoms with Crippen LogP contribution in [0, 0.1) is 6.92 Å². The molecule has 2 amide bonds. The van der Waals surface area contributed by atoms with E-state index >= 15 is 0 Å². The first-order valence-corrected chi connectivity index (χ1v) is 7.86. The lowest BCUT2D eigenvalue weighted by Crippen LogP contribution is -2.42. The summed E-state index contributed by atoms with van der Waals surface area (Å²) in [5, 5.41) is 12.9. The molecule has 1 aromatic carbocycles. The van der Waals surface area contributed by atoms with Crippen molar-refractivity contribution < 1.29 is 19.1 Å². The molecule has 2 N–H and O–H groups in total. The van der Waals surface area contributed by atoms with Crippen LogP contribution < -0.4 is 10.1 Å². The quantitative estimate of drug-likeness (QED) is 0.764. The number of ether oxygens (including phenoxy) is 1. The molecule has 0 aliphatic rings. The van der Waals surface area contributed by atoms with Crippen molar-refractivity contribution >= 4 is 17.0 Å². The van der Waals surface area contributed by atoms with Crippen LogP contribution in [0.15, 0.2) is 35.3 Å². The Morgan fingerprint density at radius 3 is 2.92 bits per heavy atom. The minimum Gasteiger partial charge on any atom is -0.497 e. The number of benzene rings is 1. The Bertz CT molecular complexity index is 723. The summed E-state index contributed by atoms with van der Waals surface area (Å²) in [6.07, 6.45) is 1.62. The largest absolute Gasteiger partial charge is 0.497 e. The van der Waals surface area contributed by atoms with Crippen molar-refractivity contribution in [2.75, 3.05) is 26.8 Å². The van der Waals surface area contributed by atoms with Gasteiger partial charge < -0.3 is 24.5 Å². The summed E-state index contributed by atoms with van der Waals surface area (Å²) < 4.78 is 11.1. The van der Waals surface area contributed by atoms with Crippen molar-refractivity contribution in [3.8, 4) is 5.75 Å². The van der Waals surface area contributed by atoms with Gasteiger partial charge >= 0.3 is 6.03 Å². The number of methoxy groups -OCH3 is 1. The van der Waals surface area contributed by atoms with Gasteiger partial charge in [0.25, 0.3) is 0 Å². The number of hydrogen-bond donors (Lipinski definition) is 2. The number of urea groups is 1. The highest BCUT2D eigenvalue weighted by molar-refractivity contribution is 5.84. The SMILES string of the molecule is C=CCN(CCO)C(=O)NC(C)c1oc2ccc(OC)cc2c1C. The van der Waals surface area contributed by atoms with Crippen LogP contribution in [0.3, 0.4) is 0 Å². The van der Waals surface area contributed by atoms with Gasteiger partial charge in [0, 0.05) is 24.0 Å². The van der Waals surface area contributed by atoms with E-state index in [0.717, 1.165) is 22.3 Å². The van der Waals surface area contributed by atoms with Crippen LogP contribution in [0.2, 0.25) is 0 Å². The topological polar surface area (TPSA) is 74.9 Å². The molecule has 1 heterocycles. The van der Waals surface area contributed by atoms with Crippen LogP contribution in [0.25, 0.3) is 11.0 Å². The third kappa shape index (κ3) is 3.71. The van der Waals surface area contributed by atoms with Crippen molar-refractivity contribution in [3.05, 3.63) is 42.2 Å². The van der Waals surface area contributed by atoms with Crippen LogP contribution in [0.4, 0.5) is 4.79 Å². The summed E-state index contributed by atoms with van der Waals surface area (Å²) in [6.45, 7) is 7.97. The van der Waals surface area contributed by atoms with E-state index in [1.54, 1.807) is 13.2 Å². The predicted molar refractivity (Wildman–Crippen MR) is 93.3 cm³/mol. The number of hydrogen-bond acceptors (Lipinski definition) is 4. The van der Waals surface area contributed by atoms with Gasteiger partial charge in [-0.3, -0.25) is 0 Å². The van der Waals surface area contributed by atoms with E-state index in [-0.39, 0.29) is 25.2 Å². The normalized spacial score (nSPS) is 12.0. The monoisotopic (exact) mass is 332 g/mol. The van der Waals surface area contributed by atoms with Gasteiger partial charge in [-0.25, -0.2) is 4.79 Å². The number of rotatable bonds is 7. The van der Waals surface area contributed by atoms with Crippen LogP contribution in [0.5, 0.6) is 5.75 Å². The molecule has 2 rings (SSSR count). The Morgan fingerprint density at radius 2 is 2.29 bits per heavy atom. The van der Waals surface area contributed by atoms with E-state index in [9.17, 15) is 4.79 Å². The van der Waals surface area contributed by atoms with Gasteiger partial charge in [-0.1, -0.05) is 6.08 Å². The van der Waals surface area contributed by atoms with Crippen LogP contribution in [-0.4, -0.2) is 42.8 Å². The number of aryl methyl sites for hydroxylation is 1. The van der Waals surface area contributed by atoms with E-state index in [1.807, 2.05) is 32.0 Å². The number of nitrogens with zero attached hydrogens (tertiary/aromatic N) is 1. The summed E-state index contributed by atoms with van der Waals surface area (Å²) in [7, 11) is 1.62. The second kappa shape index (κ2) is 7.88. The number of fused-ring (bicyclic) bond motifs is 1. The number of amides is 2. The molecule has 0 radical (unpaired) electrons. The summed E-state index contributed by atoms with van der Waals surface area (Å²) in [5.41, 5.74) is 1.72. The first kappa shape index (κ1) is 17.9. The molecule has 6 nitrogen and oxygen atoms in total. The Kier molecular flexibility index (Phi) is 5.87. The number of nitrogens with one attached hydrogen (secondary N) is 1. The molecule has 0 fully saturated rings. The second-order valence-electron chi connectivity index (χ2n) is 5.58. The summed E-state index contributed by atoms with van der Waals surface area (Å²) in [4.78, 5) is 13.8. The molecule has 1 unspecified atom stereocenters. The van der Waals surface area contributed by atoms with Crippen molar-refractivity contribution in [1.82, 2.24) is 10.2 Å². The smallest absolute Gasteiger partial charge is 0.318 e. The number of aliphatic hydroxyl groups excluding tert-OH is 1. The molecule has 2 aromatic rings. The van der Waals surface area contributed by atoms with E-state index in [0.29, 0.717) is 12.3 Å². The molecular weight excluding hydrogens is 308 g/mol. The Hall–Kier alpha value is -2.47. The van der Waals surface area contributed by atoms with E-state index in [4.69, 9.17) is 14.3 Å². The van der Waals surface area contributed by atoms with Crippen molar-refractivity contribution in [2.45, 2.75) is 19.9 Å². The molecule has 0 spiro atoms. The number of aliphatic hydroxyl groups is 1. The molecular formula is C18H24N2O4. The van der Waals surface area contributed by atoms with Gasteiger partial charge in [-0.05, 0) is 32.0 Å².